The van der Waals surface area contributed by atoms with Gasteiger partial charge in [-0.1, -0.05) is 146 Å². The van der Waals surface area contributed by atoms with Gasteiger partial charge in [0.05, 0.1) is 5.69 Å². The Morgan fingerprint density at radius 2 is 0.950 bits per heavy atom. The fraction of sp³-hybridized carbons (Fsp3) is 0.172. The van der Waals surface area contributed by atoms with Gasteiger partial charge in [-0.25, -0.2) is 0 Å². The van der Waals surface area contributed by atoms with Crippen molar-refractivity contribution in [1.82, 2.24) is 0 Å². The molecule has 0 saturated heterocycles. The second kappa shape index (κ2) is 13.4. The van der Waals surface area contributed by atoms with E-state index in [4.69, 9.17) is 0 Å². The molecule has 1 heterocycles. The van der Waals surface area contributed by atoms with E-state index in [-0.39, 0.29) is 5.41 Å². The van der Waals surface area contributed by atoms with Crippen LogP contribution in [0.15, 0.2) is 188 Å². The molecule has 0 N–H and O–H groups in total. The fourth-order valence-electron chi connectivity index (χ4n) is 12.9. The van der Waals surface area contributed by atoms with Gasteiger partial charge in [0.2, 0.25) is 0 Å². The molecular formula is C58H45NS. The quantitative estimate of drug-likeness (QED) is 0.162. The normalized spacial score (nSPS) is 22.1. The average Bonchev–Trinajstić information content (AvgIpc) is 3.83. The third kappa shape index (κ3) is 5.10. The van der Waals surface area contributed by atoms with Crippen molar-refractivity contribution in [1.29, 1.82) is 0 Å². The van der Waals surface area contributed by atoms with Crippen molar-refractivity contribution < 1.29 is 0 Å². The van der Waals surface area contributed by atoms with Crippen molar-refractivity contribution >= 4 is 48.6 Å². The lowest BCUT2D eigenvalue weighted by Gasteiger charge is -2.61. The van der Waals surface area contributed by atoms with E-state index < -0.39 is 0 Å². The Hall–Kier alpha value is -6.22. The van der Waals surface area contributed by atoms with Crippen LogP contribution in [0.1, 0.15) is 43.2 Å². The van der Waals surface area contributed by atoms with E-state index in [1.54, 1.807) is 11.1 Å². The third-order valence-electron chi connectivity index (χ3n) is 15.1. The zero-order valence-electron chi connectivity index (χ0n) is 33.6. The first-order valence-corrected chi connectivity index (χ1v) is 22.8. The smallest absolute Gasteiger partial charge is 0.0554 e. The zero-order chi connectivity index (χ0) is 39.4. The minimum absolute atomic E-state index is 0.193. The number of hydrogen-bond acceptors (Lipinski definition) is 2. The summed E-state index contributed by atoms with van der Waals surface area (Å²) in [5.74, 6) is 3.45. The Morgan fingerprint density at radius 1 is 0.417 bits per heavy atom. The van der Waals surface area contributed by atoms with E-state index in [1.807, 2.05) is 11.3 Å². The SMILES string of the molecule is c1ccc(-c2ccc(N(c3ccc(-c4ccccc4)cc3)c3cccc4sc5c(-c6ccc7c(c6)-c6ccccc6C76C7CC8CC(C7)CC6C8)cccc5c34)cc2)cc1. The van der Waals surface area contributed by atoms with Crippen LogP contribution in [0.4, 0.5) is 17.1 Å². The van der Waals surface area contributed by atoms with E-state index in [0.717, 1.165) is 35.0 Å². The van der Waals surface area contributed by atoms with Crippen LogP contribution in [0.3, 0.4) is 0 Å². The van der Waals surface area contributed by atoms with Crippen LogP contribution in [0.25, 0.3) is 64.7 Å². The Balaban J connectivity index is 0.956. The number of nitrogens with zero attached hydrogens (tertiary/aromatic N) is 1. The van der Waals surface area contributed by atoms with Gasteiger partial charge in [-0.05, 0) is 154 Å². The molecule has 0 amide bonds. The highest BCUT2D eigenvalue weighted by atomic mass is 32.1. The summed E-state index contributed by atoms with van der Waals surface area (Å²) in [5.41, 5.74) is 17.4. The topological polar surface area (TPSA) is 3.24 Å². The van der Waals surface area contributed by atoms with Crippen molar-refractivity contribution in [2.24, 2.45) is 23.7 Å². The molecule has 0 radical (unpaired) electrons. The summed E-state index contributed by atoms with van der Waals surface area (Å²) >= 11 is 1.94. The maximum atomic E-state index is 2.57. The highest BCUT2D eigenvalue weighted by Crippen LogP contribution is 2.69. The summed E-state index contributed by atoms with van der Waals surface area (Å²) in [6, 6.07) is 70.6. The molecule has 0 atom stereocenters. The molecule has 5 aliphatic carbocycles. The molecule has 4 bridgehead atoms. The number of hydrogen-bond donors (Lipinski definition) is 0. The number of rotatable bonds is 6. The lowest BCUT2D eigenvalue weighted by Crippen LogP contribution is -2.55. The molecule has 0 unspecified atom stereocenters. The van der Waals surface area contributed by atoms with Gasteiger partial charge in [-0.2, -0.15) is 0 Å². The van der Waals surface area contributed by atoms with Crippen molar-refractivity contribution in [3.05, 3.63) is 199 Å². The van der Waals surface area contributed by atoms with Crippen molar-refractivity contribution in [3.8, 4) is 44.5 Å². The van der Waals surface area contributed by atoms with Crippen LogP contribution in [0.5, 0.6) is 0 Å². The van der Waals surface area contributed by atoms with Gasteiger partial charge in [-0.3, -0.25) is 0 Å². The molecule has 288 valence electrons. The summed E-state index contributed by atoms with van der Waals surface area (Å²) in [4.78, 5) is 2.46. The van der Waals surface area contributed by atoms with E-state index >= 15 is 0 Å². The van der Waals surface area contributed by atoms with Gasteiger partial charge in [0.1, 0.15) is 0 Å². The van der Waals surface area contributed by atoms with Crippen molar-refractivity contribution in [2.45, 2.75) is 37.5 Å². The Bertz CT molecular complexity index is 2970. The van der Waals surface area contributed by atoms with Gasteiger partial charge in [0, 0.05) is 37.0 Å². The van der Waals surface area contributed by atoms with Gasteiger partial charge < -0.3 is 4.90 Å². The first kappa shape index (κ1) is 34.6. The molecular weight excluding hydrogens is 743 g/mol. The average molecular weight is 788 g/mol. The van der Waals surface area contributed by atoms with E-state index in [9.17, 15) is 0 Å². The molecule has 0 aliphatic heterocycles. The Labute approximate surface area is 356 Å². The van der Waals surface area contributed by atoms with E-state index in [0.29, 0.717) is 0 Å². The summed E-state index contributed by atoms with van der Waals surface area (Å²) in [6.45, 7) is 0. The lowest BCUT2D eigenvalue weighted by molar-refractivity contribution is -0.0399. The molecule has 1 aromatic heterocycles. The minimum Gasteiger partial charge on any atom is -0.310 e. The summed E-state index contributed by atoms with van der Waals surface area (Å²) in [6.07, 6.45) is 7.14. The minimum atomic E-state index is 0.193. The summed E-state index contributed by atoms with van der Waals surface area (Å²) in [7, 11) is 0. The Kier molecular flexibility index (Phi) is 7.73. The molecule has 2 heteroatoms. The van der Waals surface area contributed by atoms with E-state index in [2.05, 4.69) is 193 Å². The second-order valence-corrected chi connectivity index (χ2v) is 19.1. The standard InChI is InChI=1S/C58H45NS/c1-3-11-39(12-4-1)41-21-26-46(27-22-41)59(47-28-23-42(24-29-47)40-13-5-2-6-14-40)54-19-10-20-55-56(54)50-17-9-16-48(57(50)60-55)43-25-30-53-51(36-43)49-15-7-8-18-52(49)58(53)44-32-37-31-38(34-44)35-45(58)33-37/h1-30,36-38,44-45H,31-35H2. The molecule has 1 nitrogen and oxygen atoms in total. The molecule has 60 heavy (non-hydrogen) atoms. The number of anilines is 3. The van der Waals surface area contributed by atoms with Crippen LogP contribution in [-0.4, -0.2) is 0 Å². The van der Waals surface area contributed by atoms with Crippen LogP contribution >= 0.6 is 11.3 Å². The van der Waals surface area contributed by atoms with Crippen LogP contribution in [-0.2, 0) is 5.41 Å². The van der Waals surface area contributed by atoms with Gasteiger partial charge >= 0.3 is 0 Å². The Morgan fingerprint density at radius 3 is 1.60 bits per heavy atom. The summed E-state index contributed by atoms with van der Waals surface area (Å²) in [5, 5.41) is 2.62. The number of benzene rings is 8. The maximum absolute atomic E-state index is 2.57. The van der Waals surface area contributed by atoms with Crippen molar-refractivity contribution in [3.63, 3.8) is 0 Å². The lowest BCUT2D eigenvalue weighted by atomic mass is 9.43. The predicted molar refractivity (Wildman–Crippen MR) is 254 cm³/mol. The number of fused-ring (bicyclic) bond motifs is 6. The molecule has 14 rings (SSSR count). The number of thiophene rings is 1. The van der Waals surface area contributed by atoms with E-state index in [1.165, 1.54) is 102 Å². The largest absolute Gasteiger partial charge is 0.310 e. The molecule has 9 aromatic rings. The van der Waals surface area contributed by atoms with Crippen LogP contribution in [0.2, 0.25) is 0 Å². The first-order chi connectivity index (χ1) is 29.7. The second-order valence-electron chi connectivity index (χ2n) is 18.1. The zero-order valence-corrected chi connectivity index (χ0v) is 34.4. The van der Waals surface area contributed by atoms with Gasteiger partial charge in [0.25, 0.3) is 0 Å². The summed E-state index contributed by atoms with van der Waals surface area (Å²) < 4.78 is 2.66. The highest BCUT2D eigenvalue weighted by molar-refractivity contribution is 7.26. The molecule has 1 spiro atoms. The van der Waals surface area contributed by atoms with Crippen molar-refractivity contribution in [2.75, 3.05) is 4.90 Å². The van der Waals surface area contributed by atoms with Crippen LogP contribution < -0.4 is 4.90 Å². The molecule has 4 saturated carbocycles. The first-order valence-electron chi connectivity index (χ1n) is 22.0. The predicted octanol–water partition coefficient (Wildman–Crippen LogP) is 16.2. The monoisotopic (exact) mass is 787 g/mol. The van der Waals surface area contributed by atoms with Gasteiger partial charge in [-0.15, -0.1) is 11.3 Å². The van der Waals surface area contributed by atoms with Gasteiger partial charge in [0.15, 0.2) is 0 Å². The van der Waals surface area contributed by atoms with Crippen LogP contribution in [0, 0.1) is 23.7 Å². The highest BCUT2D eigenvalue weighted by Gasteiger charge is 2.61. The maximum Gasteiger partial charge on any atom is 0.0554 e. The molecule has 4 fully saturated rings. The fourth-order valence-corrected chi connectivity index (χ4v) is 14.1. The molecule has 8 aromatic carbocycles. The molecule has 5 aliphatic rings. The third-order valence-corrected chi connectivity index (χ3v) is 16.3.